The Labute approximate surface area is 188 Å². The Morgan fingerprint density at radius 3 is 2.62 bits per heavy atom. The summed E-state index contributed by atoms with van der Waals surface area (Å²) in [7, 11) is 3.73. The number of likely N-dealkylation sites (N-methyl/N-ethyl adjacent to an activating group) is 1. The van der Waals surface area contributed by atoms with Crippen molar-refractivity contribution < 1.29 is 24.2 Å². The third-order valence-corrected chi connectivity index (χ3v) is 6.28. The molecule has 1 aliphatic carbocycles. The van der Waals surface area contributed by atoms with Crippen LogP contribution in [-0.2, 0) is 32.2 Å². The molecule has 2 amide bonds. The third kappa shape index (κ3) is 7.86. The summed E-state index contributed by atoms with van der Waals surface area (Å²) in [5.41, 5.74) is 0. The van der Waals surface area contributed by atoms with E-state index in [9.17, 15) is 9.59 Å². The van der Waals surface area contributed by atoms with Gasteiger partial charge in [0.1, 0.15) is 6.33 Å². The number of carboxylic acid groups (broad SMARTS) is 1. The van der Waals surface area contributed by atoms with Gasteiger partial charge in [-0.15, -0.1) is 10.2 Å². The molecule has 2 heterocycles. The van der Waals surface area contributed by atoms with Crippen molar-refractivity contribution in [1.29, 1.82) is 0 Å². The molecule has 1 aromatic heterocycles. The molecule has 0 aromatic carbocycles. The number of ether oxygens (including phenoxy) is 1. The van der Waals surface area contributed by atoms with Crippen molar-refractivity contribution in [3.63, 3.8) is 0 Å². The van der Waals surface area contributed by atoms with Crippen molar-refractivity contribution in [2.75, 3.05) is 27.3 Å². The lowest BCUT2D eigenvalue weighted by Crippen LogP contribution is -2.44. The highest BCUT2D eigenvalue weighted by atomic mass is 16.5. The fourth-order valence-electron chi connectivity index (χ4n) is 4.06. The summed E-state index contributed by atoms with van der Waals surface area (Å²) in [5.74, 6) is 1.19. The number of carbonyl (C=O) groups excluding carboxylic acids is 2. The summed E-state index contributed by atoms with van der Waals surface area (Å²) in [4.78, 5) is 35.1. The predicted molar refractivity (Wildman–Crippen MR) is 117 cm³/mol. The van der Waals surface area contributed by atoms with Gasteiger partial charge in [-0.3, -0.25) is 19.3 Å². The molecule has 1 saturated heterocycles. The molecule has 1 saturated carbocycles. The average Bonchev–Trinajstić information content (AvgIpc) is 3.31. The van der Waals surface area contributed by atoms with E-state index in [0.29, 0.717) is 32.2 Å². The Bertz CT molecular complexity index is 723. The molecule has 0 bridgehead atoms. The van der Waals surface area contributed by atoms with Gasteiger partial charge in [0.15, 0.2) is 5.82 Å². The van der Waals surface area contributed by atoms with Crippen LogP contribution in [0, 0.1) is 5.92 Å². The maximum absolute atomic E-state index is 12.4. The molecule has 0 unspecified atom stereocenters. The zero-order valence-corrected chi connectivity index (χ0v) is 19.0. The second-order valence-electron chi connectivity index (χ2n) is 8.30. The van der Waals surface area contributed by atoms with E-state index >= 15 is 0 Å². The number of aryl methyl sites for hydroxylation is 1. The number of carbonyl (C=O) groups is 3. The van der Waals surface area contributed by atoms with Crippen molar-refractivity contribution in [1.82, 2.24) is 30.3 Å². The first-order valence-electron chi connectivity index (χ1n) is 11.2. The van der Waals surface area contributed by atoms with Crippen LogP contribution in [0.4, 0.5) is 0 Å². The predicted octanol–water partition coefficient (Wildman–Crippen LogP) is 0.401. The second kappa shape index (κ2) is 13.8. The Hall–Kier alpha value is -2.53. The van der Waals surface area contributed by atoms with E-state index in [1.807, 2.05) is 4.57 Å². The summed E-state index contributed by atoms with van der Waals surface area (Å²) >= 11 is 0. The quantitative estimate of drug-likeness (QED) is 0.324. The van der Waals surface area contributed by atoms with Gasteiger partial charge in [-0.2, -0.15) is 0 Å². The van der Waals surface area contributed by atoms with E-state index in [2.05, 4.69) is 32.8 Å². The van der Waals surface area contributed by atoms with Gasteiger partial charge in [0.05, 0.1) is 6.54 Å². The summed E-state index contributed by atoms with van der Waals surface area (Å²) in [6.45, 7) is 2.25. The van der Waals surface area contributed by atoms with Gasteiger partial charge in [-0.25, -0.2) is 0 Å². The molecule has 1 aromatic rings. The van der Waals surface area contributed by atoms with Crippen LogP contribution in [-0.4, -0.2) is 82.5 Å². The third-order valence-electron chi connectivity index (χ3n) is 6.28. The van der Waals surface area contributed by atoms with Crippen molar-refractivity contribution in [2.24, 2.45) is 5.92 Å². The molecule has 3 rings (SSSR count). The van der Waals surface area contributed by atoms with E-state index in [0.717, 1.165) is 44.5 Å². The molecule has 2 aliphatic rings. The van der Waals surface area contributed by atoms with E-state index in [1.165, 1.54) is 6.42 Å². The number of likely N-dealkylation sites (tertiary alicyclic amines) is 1. The van der Waals surface area contributed by atoms with Gasteiger partial charge in [-0.1, -0.05) is 6.42 Å². The molecule has 0 radical (unpaired) electrons. The second-order valence-corrected chi connectivity index (χ2v) is 8.30. The van der Waals surface area contributed by atoms with Gasteiger partial charge in [0.25, 0.3) is 6.47 Å². The molecule has 2 fully saturated rings. The highest BCUT2D eigenvalue weighted by Gasteiger charge is 2.33. The number of hydrogen-bond acceptors (Lipinski definition) is 7. The van der Waals surface area contributed by atoms with Crippen LogP contribution >= 0.6 is 0 Å². The van der Waals surface area contributed by atoms with Gasteiger partial charge in [0.2, 0.25) is 11.8 Å². The minimum Gasteiger partial charge on any atom is -0.483 e. The van der Waals surface area contributed by atoms with Crippen molar-refractivity contribution in [3.05, 3.63) is 12.2 Å². The van der Waals surface area contributed by atoms with Crippen LogP contribution in [0.25, 0.3) is 0 Å². The zero-order chi connectivity index (χ0) is 23.3. The van der Waals surface area contributed by atoms with Crippen LogP contribution in [0.5, 0.6) is 0 Å². The molecule has 32 heavy (non-hydrogen) atoms. The van der Waals surface area contributed by atoms with Crippen LogP contribution in [0.15, 0.2) is 6.33 Å². The number of amides is 2. The van der Waals surface area contributed by atoms with Crippen molar-refractivity contribution in [3.8, 4) is 0 Å². The maximum Gasteiger partial charge on any atom is 0.290 e. The Kier molecular flexibility index (Phi) is 11.1. The molecule has 180 valence electrons. The highest BCUT2D eigenvalue weighted by molar-refractivity contribution is 5.79. The van der Waals surface area contributed by atoms with E-state index < -0.39 is 0 Å². The van der Waals surface area contributed by atoms with Crippen LogP contribution < -0.4 is 10.6 Å². The molecular weight excluding hydrogens is 416 g/mol. The van der Waals surface area contributed by atoms with Crippen molar-refractivity contribution in [2.45, 2.75) is 70.1 Å². The normalized spacial score (nSPS) is 20.7. The summed E-state index contributed by atoms with van der Waals surface area (Å²) in [5, 5.41) is 21.0. The van der Waals surface area contributed by atoms with E-state index in [-0.39, 0.29) is 30.2 Å². The average molecular weight is 453 g/mol. The Morgan fingerprint density at radius 1 is 1.25 bits per heavy atom. The molecule has 1 aliphatic heterocycles. The maximum atomic E-state index is 12.4. The smallest absolute Gasteiger partial charge is 0.290 e. The van der Waals surface area contributed by atoms with E-state index in [1.54, 1.807) is 13.4 Å². The van der Waals surface area contributed by atoms with E-state index in [4.69, 9.17) is 14.6 Å². The van der Waals surface area contributed by atoms with Crippen molar-refractivity contribution >= 4 is 18.3 Å². The lowest BCUT2D eigenvalue weighted by molar-refractivity contribution is -0.127. The summed E-state index contributed by atoms with van der Waals surface area (Å²) in [6.07, 6.45) is 8.22. The number of aromatic nitrogens is 3. The summed E-state index contributed by atoms with van der Waals surface area (Å²) < 4.78 is 7.02. The van der Waals surface area contributed by atoms with Crippen LogP contribution in [0.2, 0.25) is 0 Å². The highest BCUT2D eigenvalue weighted by Crippen LogP contribution is 2.27. The molecule has 2 atom stereocenters. The van der Waals surface area contributed by atoms with Crippen LogP contribution in [0.1, 0.15) is 50.8 Å². The minimum absolute atomic E-state index is 0.0208. The number of nitrogens with one attached hydrogen (secondary N) is 2. The lowest BCUT2D eigenvalue weighted by Gasteiger charge is -2.28. The lowest BCUT2D eigenvalue weighted by atomic mass is 9.85. The van der Waals surface area contributed by atoms with Gasteiger partial charge in [-0.05, 0) is 39.2 Å². The SMILES string of the molecule is COCCCn1cnnc1CNC(=O)C[C@H]1CC[C@@H](CNC(=O)C2CCC2)N1C.O=CO. The first-order valence-corrected chi connectivity index (χ1v) is 11.2. The largest absolute Gasteiger partial charge is 0.483 e. The number of hydrogen-bond donors (Lipinski definition) is 3. The van der Waals surface area contributed by atoms with Crippen LogP contribution in [0.3, 0.4) is 0 Å². The monoisotopic (exact) mass is 452 g/mol. The first kappa shape index (κ1) is 25.7. The Morgan fingerprint density at radius 2 is 1.97 bits per heavy atom. The van der Waals surface area contributed by atoms with Gasteiger partial charge in [0, 0.05) is 51.2 Å². The minimum atomic E-state index is -0.250. The molecule has 11 nitrogen and oxygen atoms in total. The molecule has 11 heteroatoms. The molecule has 3 N–H and O–H groups in total. The van der Waals surface area contributed by atoms with Gasteiger partial charge >= 0.3 is 0 Å². The molecular formula is C21H36N6O5. The Balaban J connectivity index is 0.00000114. The first-order chi connectivity index (χ1) is 15.5. The fraction of sp³-hybridized carbons (Fsp3) is 0.762. The summed E-state index contributed by atoms with van der Waals surface area (Å²) in [6, 6.07) is 0.515. The van der Waals surface area contributed by atoms with Gasteiger partial charge < -0.3 is 25.0 Å². The molecule has 0 spiro atoms. The number of nitrogens with zero attached hydrogens (tertiary/aromatic N) is 4. The number of methoxy groups -OCH3 is 1. The topological polar surface area (TPSA) is 139 Å². The fourth-order valence-corrected chi connectivity index (χ4v) is 4.06. The zero-order valence-electron chi connectivity index (χ0n) is 19.0. The number of rotatable bonds is 11. The standard InChI is InChI=1S/C20H34N6O3.CH2O2/c1-25-16(7-8-17(25)12-22-20(28)15-5-3-6-15)11-19(27)21-13-18-24-23-14-26(18)9-4-10-29-2;2-1-3/h14-17H,3-13H2,1-2H3,(H,21,27)(H,22,28);1H,(H,2,3)/t16-,17+;/m1./s1.